The van der Waals surface area contributed by atoms with Crippen molar-refractivity contribution in [2.75, 3.05) is 13.6 Å². The van der Waals surface area contributed by atoms with Crippen molar-refractivity contribution in [2.45, 2.75) is 24.2 Å². The Balaban J connectivity index is 2.09. The van der Waals surface area contributed by atoms with E-state index < -0.39 is 0 Å². The normalized spacial score (nSPS) is 15.5. The molecule has 0 aliphatic heterocycles. The molecule has 1 amide bonds. The summed E-state index contributed by atoms with van der Waals surface area (Å²) in [6.07, 6.45) is 3.82. The first-order chi connectivity index (χ1) is 8.08. The lowest BCUT2D eigenvalue weighted by Crippen LogP contribution is -2.34. The number of rotatable bonds is 3. The second-order valence-corrected chi connectivity index (χ2v) is 6.02. The summed E-state index contributed by atoms with van der Waals surface area (Å²) in [6, 6.07) is 5.55. The predicted molar refractivity (Wildman–Crippen MR) is 75.7 cm³/mol. The van der Waals surface area contributed by atoms with E-state index in [1.165, 1.54) is 19.3 Å². The monoisotopic (exact) mass is 313 g/mol. The van der Waals surface area contributed by atoms with E-state index in [2.05, 4.69) is 28.6 Å². The van der Waals surface area contributed by atoms with Gasteiger partial charge in [-0.3, -0.25) is 4.79 Å². The molecule has 1 fully saturated rings. The summed E-state index contributed by atoms with van der Waals surface area (Å²) >= 11 is 7.69. The van der Waals surface area contributed by atoms with Gasteiger partial charge in [0.1, 0.15) is 0 Å². The third kappa shape index (κ3) is 3.05. The first kappa shape index (κ1) is 13.0. The van der Waals surface area contributed by atoms with E-state index in [0.29, 0.717) is 11.5 Å². The molecular formula is C13H16BrNOS. The van der Waals surface area contributed by atoms with Crippen LogP contribution in [0.2, 0.25) is 0 Å². The first-order valence-electron chi connectivity index (χ1n) is 5.82. The van der Waals surface area contributed by atoms with Crippen LogP contribution in [0.5, 0.6) is 0 Å². The maximum absolute atomic E-state index is 12.3. The number of hydrogen-bond acceptors (Lipinski definition) is 2. The van der Waals surface area contributed by atoms with Crippen LogP contribution in [0.25, 0.3) is 0 Å². The van der Waals surface area contributed by atoms with E-state index in [9.17, 15) is 4.79 Å². The molecule has 17 heavy (non-hydrogen) atoms. The van der Waals surface area contributed by atoms with Gasteiger partial charge < -0.3 is 4.90 Å². The van der Waals surface area contributed by atoms with Gasteiger partial charge in [-0.1, -0.05) is 6.42 Å². The van der Waals surface area contributed by atoms with Crippen LogP contribution in [0.15, 0.2) is 27.6 Å². The van der Waals surface area contributed by atoms with E-state index in [4.69, 9.17) is 0 Å². The summed E-state index contributed by atoms with van der Waals surface area (Å²) in [5.41, 5.74) is 0.694. The molecule has 2 rings (SSSR count). The highest BCUT2D eigenvalue weighted by Crippen LogP contribution is 2.28. The van der Waals surface area contributed by atoms with E-state index in [-0.39, 0.29) is 5.91 Å². The Morgan fingerprint density at radius 2 is 2.24 bits per heavy atom. The minimum absolute atomic E-state index is 0.0691. The lowest BCUT2D eigenvalue weighted by molar-refractivity contribution is 0.0744. The molecule has 1 aromatic carbocycles. The SMILES string of the molecule is CN(CC1CCC1)C(=O)c1cc(S)ccc1Br. The molecule has 0 aromatic heterocycles. The van der Waals surface area contributed by atoms with Gasteiger partial charge in [-0.15, -0.1) is 12.6 Å². The third-order valence-electron chi connectivity index (χ3n) is 3.28. The van der Waals surface area contributed by atoms with Gasteiger partial charge in [0.05, 0.1) is 5.56 Å². The molecule has 92 valence electrons. The average molecular weight is 314 g/mol. The van der Waals surface area contributed by atoms with Gasteiger partial charge in [-0.2, -0.15) is 0 Å². The molecule has 1 aliphatic rings. The van der Waals surface area contributed by atoms with Gasteiger partial charge in [-0.05, 0) is 52.9 Å². The second kappa shape index (κ2) is 5.44. The minimum atomic E-state index is 0.0691. The van der Waals surface area contributed by atoms with E-state index >= 15 is 0 Å². The Hall–Kier alpha value is -0.480. The number of nitrogens with zero attached hydrogens (tertiary/aromatic N) is 1. The molecule has 0 saturated heterocycles. The van der Waals surface area contributed by atoms with Gasteiger partial charge >= 0.3 is 0 Å². The van der Waals surface area contributed by atoms with Crippen molar-refractivity contribution in [2.24, 2.45) is 5.92 Å². The molecule has 1 aliphatic carbocycles. The summed E-state index contributed by atoms with van der Waals surface area (Å²) < 4.78 is 0.834. The van der Waals surface area contributed by atoms with Crippen LogP contribution in [-0.4, -0.2) is 24.4 Å². The lowest BCUT2D eigenvalue weighted by atomic mass is 9.85. The van der Waals surface area contributed by atoms with Crippen LogP contribution in [0.3, 0.4) is 0 Å². The van der Waals surface area contributed by atoms with Crippen molar-refractivity contribution in [3.05, 3.63) is 28.2 Å². The highest BCUT2D eigenvalue weighted by atomic mass is 79.9. The molecule has 0 bridgehead atoms. The lowest BCUT2D eigenvalue weighted by Gasteiger charge is -2.30. The highest BCUT2D eigenvalue weighted by Gasteiger charge is 2.22. The Morgan fingerprint density at radius 1 is 1.53 bits per heavy atom. The van der Waals surface area contributed by atoms with E-state index in [1.807, 2.05) is 30.1 Å². The molecular weight excluding hydrogens is 298 g/mol. The Kier molecular flexibility index (Phi) is 4.15. The van der Waals surface area contributed by atoms with Crippen molar-refractivity contribution in [3.8, 4) is 0 Å². The third-order valence-corrected chi connectivity index (χ3v) is 4.25. The Labute approximate surface area is 116 Å². The van der Waals surface area contributed by atoms with Crippen molar-refractivity contribution in [1.29, 1.82) is 0 Å². The van der Waals surface area contributed by atoms with Crippen molar-refractivity contribution in [3.63, 3.8) is 0 Å². The number of halogens is 1. The zero-order valence-electron chi connectivity index (χ0n) is 9.82. The summed E-state index contributed by atoms with van der Waals surface area (Å²) in [5, 5.41) is 0. The highest BCUT2D eigenvalue weighted by molar-refractivity contribution is 9.10. The number of thiol groups is 1. The molecule has 1 aromatic rings. The summed E-state index contributed by atoms with van der Waals surface area (Å²) in [7, 11) is 1.87. The predicted octanol–water partition coefficient (Wildman–Crippen LogP) is 3.61. The van der Waals surface area contributed by atoms with E-state index in [1.54, 1.807) is 0 Å². The fraction of sp³-hybridized carbons (Fsp3) is 0.462. The largest absolute Gasteiger partial charge is 0.341 e. The molecule has 2 nitrogen and oxygen atoms in total. The molecule has 0 heterocycles. The molecule has 0 spiro atoms. The smallest absolute Gasteiger partial charge is 0.254 e. The molecule has 4 heteroatoms. The second-order valence-electron chi connectivity index (χ2n) is 4.65. The topological polar surface area (TPSA) is 20.3 Å². The van der Waals surface area contributed by atoms with Crippen molar-refractivity contribution >= 4 is 34.5 Å². The van der Waals surface area contributed by atoms with E-state index in [0.717, 1.165) is 15.9 Å². The summed E-state index contributed by atoms with van der Waals surface area (Å²) in [6.45, 7) is 0.863. The zero-order chi connectivity index (χ0) is 12.4. The van der Waals surface area contributed by atoms with Gasteiger partial charge in [-0.25, -0.2) is 0 Å². The number of carbonyl (C=O) groups is 1. The fourth-order valence-electron chi connectivity index (χ4n) is 2.03. The van der Waals surface area contributed by atoms with Crippen LogP contribution in [0.4, 0.5) is 0 Å². The fourth-order valence-corrected chi connectivity index (χ4v) is 2.65. The number of hydrogen-bond donors (Lipinski definition) is 1. The van der Waals surface area contributed by atoms with Crippen LogP contribution >= 0.6 is 28.6 Å². The van der Waals surface area contributed by atoms with Crippen LogP contribution in [0, 0.1) is 5.92 Å². The minimum Gasteiger partial charge on any atom is -0.341 e. The number of amides is 1. The first-order valence-corrected chi connectivity index (χ1v) is 7.06. The molecule has 0 N–H and O–H groups in total. The Bertz CT molecular complexity index is 431. The van der Waals surface area contributed by atoms with Crippen LogP contribution in [0.1, 0.15) is 29.6 Å². The van der Waals surface area contributed by atoms with Crippen LogP contribution in [-0.2, 0) is 0 Å². The molecule has 0 atom stereocenters. The van der Waals surface area contributed by atoms with Gasteiger partial charge in [0.2, 0.25) is 0 Å². The molecule has 1 saturated carbocycles. The average Bonchev–Trinajstić information content (AvgIpc) is 2.25. The van der Waals surface area contributed by atoms with Gasteiger partial charge in [0.25, 0.3) is 5.91 Å². The maximum atomic E-state index is 12.3. The maximum Gasteiger partial charge on any atom is 0.254 e. The number of carbonyl (C=O) groups excluding carboxylic acids is 1. The van der Waals surface area contributed by atoms with Crippen LogP contribution < -0.4 is 0 Å². The summed E-state index contributed by atoms with van der Waals surface area (Å²) in [5.74, 6) is 0.765. The van der Waals surface area contributed by atoms with Crippen molar-refractivity contribution in [1.82, 2.24) is 4.90 Å². The summed E-state index contributed by atoms with van der Waals surface area (Å²) in [4.78, 5) is 14.9. The van der Waals surface area contributed by atoms with Crippen molar-refractivity contribution < 1.29 is 4.79 Å². The number of benzene rings is 1. The molecule has 0 radical (unpaired) electrons. The van der Waals surface area contributed by atoms with Gasteiger partial charge in [0, 0.05) is 23.0 Å². The Morgan fingerprint density at radius 3 is 2.82 bits per heavy atom. The molecule has 0 unspecified atom stereocenters. The zero-order valence-corrected chi connectivity index (χ0v) is 12.3. The van der Waals surface area contributed by atoms with Gasteiger partial charge in [0.15, 0.2) is 0 Å². The quantitative estimate of drug-likeness (QED) is 0.845. The standard InChI is InChI=1S/C13H16BrNOS/c1-15(8-9-3-2-4-9)13(16)11-7-10(17)5-6-12(11)14/h5-7,9,17H,2-4,8H2,1H3.